The SMILES string of the molecule is O=C1CCC([Se])=C1c1ccccc1. The van der Waals surface area contributed by atoms with Crippen LogP contribution in [0.1, 0.15) is 18.4 Å². The standard InChI is InChI=1S/C11H9OSe/c12-9-6-7-10(13)11(9)8-4-2-1-3-5-8/h1-5H,6-7H2. The van der Waals surface area contributed by atoms with Gasteiger partial charge in [0.1, 0.15) is 0 Å². The maximum absolute atomic E-state index is 11.5. The second-order valence-electron chi connectivity index (χ2n) is 3.09. The van der Waals surface area contributed by atoms with Crippen LogP contribution < -0.4 is 0 Å². The summed E-state index contributed by atoms with van der Waals surface area (Å²) < 4.78 is 1.11. The quantitative estimate of drug-likeness (QED) is 0.681. The minimum atomic E-state index is 0.264. The van der Waals surface area contributed by atoms with Gasteiger partial charge in [0.25, 0.3) is 0 Å². The molecule has 0 bridgehead atoms. The first-order valence-electron chi connectivity index (χ1n) is 4.28. The van der Waals surface area contributed by atoms with Crippen molar-refractivity contribution in [3.63, 3.8) is 0 Å². The van der Waals surface area contributed by atoms with Crippen molar-refractivity contribution in [1.29, 1.82) is 0 Å². The Morgan fingerprint density at radius 1 is 1.08 bits per heavy atom. The fourth-order valence-corrected chi connectivity index (χ4v) is 2.26. The summed E-state index contributed by atoms with van der Waals surface area (Å²) in [7, 11) is 0. The molecule has 65 valence electrons. The molecule has 0 saturated heterocycles. The Balaban J connectivity index is 2.47. The van der Waals surface area contributed by atoms with E-state index in [2.05, 4.69) is 16.0 Å². The number of carbonyl (C=O) groups excluding carboxylic acids is 1. The molecule has 0 amide bonds. The summed E-state index contributed by atoms with van der Waals surface area (Å²) in [4.78, 5) is 11.5. The first kappa shape index (κ1) is 8.73. The molecule has 0 heterocycles. The zero-order valence-electron chi connectivity index (χ0n) is 7.12. The molecule has 0 spiro atoms. The van der Waals surface area contributed by atoms with Crippen molar-refractivity contribution in [2.24, 2.45) is 0 Å². The maximum atomic E-state index is 11.5. The van der Waals surface area contributed by atoms with E-state index in [1.807, 2.05) is 30.3 Å². The fraction of sp³-hybridized carbons (Fsp3) is 0.182. The number of Topliss-reactive ketones (excluding diaryl/α,β-unsaturated/α-hetero) is 1. The molecule has 0 unspecified atom stereocenters. The zero-order valence-corrected chi connectivity index (χ0v) is 8.83. The van der Waals surface area contributed by atoms with Gasteiger partial charge in [-0.25, -0.2) is 0 Å². The third-order valence-electron chi connectivity index (χ3n) is 2.20. The Hall–Kier alpha value is -0.851. The van der Waals surface area contributed by atoms with Gasteiger partial charge < -0.3 is 0 Å². The summed E-state index contributed by atoms with van der Waals surface area (Å²) in [6.45, 7) is 0. The van der Waals surface area contributed by atoms with Crippen molar-refractivity contribution in [3.05, 3.63) is 40.4 Å². The molecule has 0 fully saturated rings. The molecule has 1 radical (unpaired) electrons. The van der Waals surface area contributed by atoms with E-state index in [1.54, 1.807) is 0 Å². The van der Waals surface area contributed by atoms with Crippen LogP contribution in [0.3, 0.4) is 0 Å². The summed E-state index contributed by atoms with van der Waals surface area (Å²) in [5.74, 6) is 0.264. The molecule has 1 nitrogen and oxygen atoms in total. The molecule has 0 aliphatic heterocycles. The summed E-state index contributed by atoms with van der Waals surface area (Å²) in [5, 5.41) is 0. The monoisotopic (exact) mass is 237 g/mol. The fourth-order valence-electron chi connectivity index (χ4n) is 1.56. The van der Waals surface area contributed by atoms with E-state index in [1.165, 1.54) is 0 Å². The molecule has 1 aromatic rings. The van der Waals surface area contributed by atoms with Crippen LogP contribution in [-0.2, 0) is 4.79 Å². The van der Waals surface area contributed by atoms with E-state index in [9.17, 15) is 4.79 Å². The van der Waals surface area contributed by atoms with Gasteiger partial charge in [0, 0.05) is 0 Å². The predicted octanol–water partition coefficient (Wildman–Crippen LogP) is 1.93. The van der Waals surface area contributed by atoms with Crippen molar-refractivity contribution < 1.29 is 4.79 Å². The predicted molar refractivity (Wildman–Crippen MR) is 53.4 cm³/mol. The van der Waals surface area contributed by atoms with Crippen LogP contribution in [0.15, 0.2) is 34.8 Å². The summed E-state index contributed by atoms with van der Waals surface area (Å²) >= 11 is 2.98. The van der Waals surface area contributed by atoms with Gasteiger partial charge in [-0.05, 0) is 0 Å². The van der Waals surface area contributed by atoms with Gasteiger partial charge in [0.05, 0.1) is 0 Å². The Morgan fingerprint density at radius 2 is 1.77 bits per heavy atom. The second-order valence-corrected chi connectivity index (χ2v) is 4.12. The van der Waals surface area contributed by atoms with Crippen molar-refractivity contribution in [2.75, 3.05) is 0 Å². The Morgan fingerprint density at radius 3 is 2.31 bits per heavy atom. The average Bonchev–Trinajstić information content (AvgIpc) is 2.48. The number of hydrogen-bond acceptors (Lipinski definition) is 1. The number of benzene rings is 1. The number of rotatable bonds is 1. The first-order valence-corrected chi connectivity index (χ1v) is 5.13. The van der Waals surface area contributed by atoms with Crippen molar-refractivity contribution >= 4 is 27.4 Å². The van der Waals surface area contributed by atoms with E-state index >= 15 is 0 Å². The molecule has 1 aliphatic rings. The Labute approximate surface area is 85.7 Å². The van der Waals surface area contributed by atoms with E-state index in [-0.39, 0.29) is 5.78 Å². The molecule has 13 heavy (non-hydrogen) atoms. The summed E-state index contributed by atoms with van der Waals surface area (Å²) in [6, 6.07) is 9.84. The second kappa shape index (κ2) is 3.49. The van der Waals surface area contributed by atoms with Gasteiger partial charge in [-0.15, -0.1) is 0 Å². The Kier molecular flexibility index (Phi) is 2.34. The van der Waals surface area contributed by atoms with Crippen LogP contribution in [-0.4, -0.2) is 21.8 Å². The van der Waals surface area contributed by atoms with Gasteiger partial charge >= 0.3 is 85.4 Å². The molecular weight excluding hydrogens is 227 g/mol. The zero-order chi connectivity index (χ0) is 9.26. The molecule has 0 atom stereocenters. The van der Waals surface area contributed by atoms with E-state index in [4.69, 9.17) is 0 Å². The van der Waals surface area contributed by atoms with Crippen LogP contribution in [0.25, 0.3) is 5.57 Å². The summed E-state index contributed by atoms with van der Waals surface area (Å²) in [5.41, 5.74) is 1.93. The molecule has 2 rings (SSSR count). The molecular formula is C11H9OSe. The van der Waals surface area contributed by atoms with Crippen LogP contribution in [0.2, 0.25) is 0 Å². The van der Waals surface area contributed by atoms with Crippen molar-refractivity contribution in [3.8, 4) is 0 Å². The minimum absolute atomic E-state index is 0.264. The first-order chi connectivity index (χ1) is 6.29. The number of allylic oxidation sites excluding steroid dienone is 2. The van der Waals surface area contributed by atoms with Crippen LogP contribution in [0, 0.1) is 0 Å². The van der Waals surface area contributed by atoms with Crippen molar-refractivity contribution in [2.45, 2.75) is 12.8 Å². The Bertz CT molecular complexity index is 365. The molecule has 1 aliphatic carbocycles. The molecule has 1 aromatic carbocycles. The van der Waals surface area contributed by atoms with E-state index < -0.39 is 0 Å². The molecule has 0 aromatic heterocycles. The van der Waals surface area contributed by atoms with Gasteiger partial charge in [0.2, 0.25) is 0 Å². The molecule has 2 heteroatoms. The van der Waals surface area contributed by atoms with Crippen LogP contribution >= 0.6 is 0 Å². The third kappa shape index (κ3) is 1.60. The number of carbonyl (C=O) groups is 1. The van der Waals surface area contributed by atoms with Crippen molar-refractivity contribution in [1.82, 2.24) is 0 Å². The average molecular weight is 236 g/mol. The van der Waals surface area contributed by atoms with Gasteiger partial charge in [0.15, 0.2) is 0 Å². The van der Waals surface area contributed by atoms with Gasteiger partial charge in [-0.2, -0.15) is 0 Å². The van der Waals surface area contributed by atoms with E-state index in [0.29, 0.717) is 6.42 Å². The summed E-state index contributed by atoms with van der Waals surface area (Å²) in [6.07, 6.45) is 1.54. The number of ketones is 1. The van der Waals surface area contributed by atoms with Crippen LogP contribution in [0.5, 0.6) is 0 Å². The van der Waals surface area contributed by atoms with Gasteiger partial charge in [-0.1, -0.05) is 0 Å². The van der Waals surface area contributed by atoms with Crippen LogP contribution in [0.4, 0.5) is 0 Å². The number of hydrogen-bond donors (Lipinski definition) is 0. The molecule has 0 N–H and O–H groups in total. The van der Waals surface area contributed by atoms with E-state index in [0.717, 1.165) is 22.0 Å². The molecule has 0 saturated carbocycles. The van der Waals surface area contributed by atoms with Gasteiger partial charge in [-0.3, -0.25) is 0 Å². The topological polar surface area (TPSA) is 17.1 Å². The third-order valence-corrected chi connectivity index (χ3v) is 3.06. The normalized spacial score (nSPS) is 16.8.